The predicted molar refractivity (Wildman–Crippen MR) is 95.8 cm³/mol. The molecule has 6 nitrogen and oxygen atoms in total. The van der Waals surface area contributed by atoms with Gasteiger partial charge in [-0.25, -0.2) is 0 Å². The summed E-state index contributed by atoms with van der Waals surface area (Å²) >= 11 is 0. The summed E-state index contributed by atoms with van der Waals surface area (Å²) < 4.78 is 1.80. The first kappa shape index (κ1) is 16.3. The van der Waals surface area contributed by atoms with E-state index in [4.69, 9.17) is 5.73 Å². The zero-order valence-corrected chi connectivity index (χ0v) is 15.5. The fourth-order valence-electron chi connectivity index (χ4n) is 7.04. The van der Waals surface area contributed by atoms with Crippen molar-refractivity contribution in [3.8, 4) is 0 Å². The van der Waals surface area contributed by atoms with Gasteiger partial charge in [0.25, 0.3) is 0 Å². The minimum atomic E-state index is -0.658. The molecule has 4 bridgehead atoms. The average Bonchev–Trinajstić information content (AvgIpc) is 2.93. The first-order chi connectivity index (χ1) is 12.4. The second-order valence-electron chi connectivity index (χ2n) is 9.41. The number of nitrogens with two attached hydrogens (primary N) is 1. The van der Waals surface area contributed by atoms with Crippen LogP contribution in [0.1, 0.15) is 62.2 Å². The summed E-state index contributed by atoms with van der Waals surface area (Å²) in [6.07, 6.45) is 10.8. The van der Waals surface area contributed by atoms with Gasteiger partial charge in [0.2, 0.25) is 11.8 Å². The van der Waals surface area contributed by atoms with Gasteiger partial charge >= 0.3 is 0 Å². The van der Waals surface area contributed by atoms with Crippen LogP contribution in [0.5, 0.6) is 0 Å². The Bertz CT molecular complexity index is 733. The van der Waals surface area contributed by atoms with E-state index in [1.165, 1.54) is 38.5 Å². The number of rotatable bonds is 3. The first-order valence-electron chi connectivity index (χ1n) is 10.0. The largest absolute Gasteiger partial charge is 0.368 e. The normalized spacial score (nSPS) is 37.7. The van der Waals surface area contributed by atoms with Gasteiger partial charge in [0.05, 0.1) is 6.20 Å². The number of carbonyl (C=O) groups excluding carboxylic acids is 2. The summed E-state index contributed by atoms with van der Waals surface area (Å²) in [5, 5.41) is 4.28. The fraction of sp³-hybridized carbons (Fsp3) is 0.750. The molecule has 4 fully saturated rings. The highest BCUT2D eigenvalue weighted by Gasteiger charge is 2.52. The molecule has 5 aliphatic rings. The van der Waals surface area contributed by atoms with E-state index in [-0.39, 0.29) is 11.3 Å². The Labute approximate surface area is 154 Å². The lowest BCUT2D eigenvalue weighted by atomic mass is 9.49. The summed E-state index contributed by atoms with van der Waals surface area (Å²) in [5.74, 6) is 2.15. The number of fused-ring (bicyclic) bond motifs is 1. The van der Waals surface area contributed by atoms with Crippen molar-refractivity contribution < 1.29 is 9.59 Å². The number of aromatic nitrogens is 2. The van der Waals surface area contributed by atoms with Crippen LogP contribution in [0.3, 0.4) is 0 Å². The number of aryl methyl sites for hydroxylation is 1. The molecule has 2 N–H and O–H groups in total. The Morgan fingerprint density at radius 2 is 1.81 bits per heavy atom. The number of amides is 2. The van der Waals surface area contributed by atoms with Gasteiger partial charge in [0.15, 0.2) is 0 Å². The molecule has 140 valence electrons. The first-order valence-corrected chi connectivity index (χ1v) is 10.0. The second-order valence-corrected chi connectivity index (χ2v) is 9.41. The van der Waals surface area contributed by atoms with Crippen LogP contribution in [0.2, 0.25) is 0 Å². The third kappa shape index (κ3) is 2.41. The van der Waals surface area contributed by atoms with Gasteiger partial charge in [-0.1, -0.05) is 0 Å². The molecule has 1 aliphatic heterocycles. The second kappa shape index (κ2) is 5.57. The zero-order valence-electron chi connectivity index (χ0n) is 15.5. The molecule has 2 heterocycles. The van der Waals surface area contributed by atoms with Crippen molar-refractivity contribution in [2.75, 3.05) is 6.54 Å². The number of hydrogen-bond donors (Lipinski definition) is 1. The highest BCUT2D eigenvalue weighted by molar-refractivity contribution is 5.88. The summed E-state index contributed by atoms with van der Waals surface area (Å²) in [6, 6.07) is -0.658. The van der Waals surface area contributed by atoms with Gasteiger partial charge in [-0.15, -0.1) is 0 Å². The van der Waals surface area contributed by atoms with E-state index in [1.54, 1.807) is 15.8 Å². The number of carbonyl (C=O) groups is 2. The van der Waals surface area contributed by atoms with Crippen LogP contribution in [0.25, 0.3) is 0 Å². The Balaban J connectivity index is 1.39. The monoisotopic (exact) mass is 356 g/mol. The summed E-state index contributed by atoms with van der Waals surface area (Å²) in [6.45, 7) is 0.561. The standard InChI is InChI=1S/C20H28N4O2/c1-23-16-2-3-24(18(19(21)26)15(16)11-22-23)17(25)10-20-7-12-4-13(8-20)6-14(5-12)9-20/h11-14,18H,2-10H2,1H3,(H2,21,26). The van der Waals surface area contributed by atoms with Crippen molar-refractivity contribution in [3.05, 3.63) is 17.5 Å². The van der Waals surface area contributed by atoms with E-state index in [9.17, 15) is 9.59 Å². The minimum Gasteiger partial charge on any atom is -0.368 e. The van der Waals surface area contributed by atoms with E-state index in [0.29, 0.717) is 13.0 Å². The Morgan fingerprint density at radius 1 is 1.19 bits per heavy atom. The third-order valence-electron chi connectivity index (χ3n) is 7.57. The summed E-state index contributed by atoms with van der Waals surface area (Å²) in [4.78, 5) is 27.2. The van der Waals surface area contributed by atoms with Gasteiger partial charge in [0, 0.05) is 37.7 Å². The van der Waals surface area contributed by atoms with Crippen LogP contribution in [0.4, 0.5) is 0 Å². The molecule has 0 saturated heterocycles. The average molecular weight is 356 g/mol. The van der Waals surface area contributed by atoms with Gasteiger partial charge < -0.3 is 10.6 Å². The molecule has 0 aromatic carbocycles. The van der Waals surface area contributed by atoms with E-state index in [0.717, 1.165) is 35.4 Å². The van der Waals surface area contributed by atoms with Gasteiger partial charge in [-0.3, -0.25) is 14.3 Å². The summed E-state index contributed by atoms with van der Waals surface area (Å²) in [7, 11) is 1.88. The SMILES string of the molecule is Cn1ncc2c1CCN(C(=O)CC13CC4CC(CC(C4)C1)C3)C2C(N)=O. The molecule has 6 rings (SSSR count). The van der Waals surface area contributed by atoms with Gasteiger partial charge in [-0.2, -0.15) is 5.10 Å². The minimum absolute atomic E-state index is 0.116. The topological polar surface area (TPSA) is 81.2 Å². The van der Waals surface area contributed by atoms with Crippen molar-refractivity contribution in [1.82, 2.24) is 14.7 Å². The van der Waals surface area contributed by atoms with Gasteiger partial charge in [0.1, 0.15) is 6.04 Å². The molecule has 1 atom stereocenters. The predicted octanol–water partition coefficient (Wildman–Crippen LogP) is 1.94. The molecule has 0 radical (unpaired) electrons. The number of hydrogen-bond acceptors (Lipinski definition) is 3. The van der Waals surface area contributed by atoms with Crippen LogP contribution in [0.15, 0.2) is 6.20 Å². The molecule has 1 aromatic heterocycles. The zero-order chi connectivity index (χ0) is 18.1. The highest BCUT2D eigenvalue weighted by atomic mass is 16.2. The quantitative estimate of drug-likeness (QED) is 0.898. The molecule has 2 amide bonds. The lowest BCUT2D eigenvalue weighted by Gasteiger charge is -2.57. The molecule has 1 unspecified atom stereocenters. The van der Waals surface area contributed by atoms with Crippen LogP contribution in [-0.4, -0.2) is 33.0 Å². The van der Waals surface area contributed by atoms with Crippen molar-refractivity contribution in [2.24, 2.45) is 36.0 Å². The number of nitrogens with zero attached hydrogens (tertiary/aromatic N) is 3. The van der Waals surface area contributed by atoms with E-state index >= 15 is 0 Å². The smallest absolute Gasteiger partial charge is 0.245 e. The van der Waals surface area contributed by atoms with Crippen molar-refractivity contribution in [3.63, 3.8) is 0 Å². The van der Waals surface area contributed by atoms with Gasteiger partial charge in [-0.05, 0) is 61.7 Å². The molecule has 4 aliphatic carbocycles. The van der Waals surface area contributed by atoms with Crippen molar-refractivity contribution in [2.45, 2.75) is 57.4 Å². The molecule has 26 heavy (non-hydrogen) atoms. The molecule has 0 spiro atoms. The molecular formula is C20H28N4O2. The van der Waals surface area contributed by atoms with Crippen LogP contribution >= 0.6 is 0 Å². The maximum atomic E-state index is 13.3. The van der Waals surface area contributed by atoms with E-state index in [2.05, 4.69) is 5.10 Å². The lowest BCUT2D eigenvalue weighted by molar-refractivity contribution is -0.146. The van der Waals surface area contributed by atoms with Crippen LogP contribution in [0, 0.1) is 23.2 Å². The van der Waals surface area contributed by atoms with Crippen LogP contribution in [-0.2, 0) is 23.1 Å². The van der Waals surface area contributed by atoms with E-state index < -0.39 is 11.9 Å². The number of primary amides is 1. The van der Waals surface area contributed by atoms with E-state index in [1.807, 2.05) is 7.05 Å². The molecule has 6 heteroatoms. The highest BCUT2D eigenvalue weighted by Crippen LogP contribution is 2.61. The Kier molecular flexibility index (Phi) is 3.50. The molecule has 4 saturated carbocycles. The van der Waals surface area contributed by atoms with Crippen molar-refractivity contribution >= 4 is 11.8 Å². The Hall–Kier alpha value is -1.85. The maximum Gasteiger partial charge on any atom is 0.245 e. The third-order valence-corrected chi connectivity index (χ3v) is 7.57. The lowest BCUT2D eigenvalue weighted by Crippen LogP contribution is -2.51. The fourth-order valence-corrected chi connectivity index (χ4v) is 7.04. The van der Waals surface area contributed by atoms with Crippen molar-refractivity contribution in [1.29, 1.82) is 0 Å². The Morgan fingerprint density at radius 3 is 2.38 bits per heavy atom. The van der Waals surface area contributed by atoms with Crippen LogP contribution < -0.4 is 5.73 Å². The molecular weight excluding hydrogens is 328 g/mol. The summed E-state index contributed by atoms with van der Waals surface area (Å²) in [5.41, 5.74) is 7.73. The molecule has 1 aromatic rings. The maximum absolute atomic E-state index is 13.3.